The predicted molar refractivity (Wildman–Crippen MR) is 114 cm³/mol. The number of nitrogens with zero attached hydrogens (tertiary/aromatic N) is 1. The topological polar surface area (TPSA) is 83.1 Å². The van der Waals surface area contributed by atoms with Gasteiger partial charge >= 0.3 is 0 Å². The molecule has 1 aliphatic carbocycles. The molecule has 154 valence electrons. The van der Waals surface area contributed by atoms with Crippen LogP contribution in [0.4, 0.5) is 11.5 Å². The fraction of sp³-hybridized carbons (Fsp3) is 0.750. The van der Waals surface area contributed by atoms with Gasteiger partial charge in [-0.15, -0.1) is 0 Å². The van der Waals surface area contributed by atoms with Crippen LogP contribution in [0.1, 0.15) is 65.5 Å². The lowest BCUT2D eigenvalue weighted by atomic mass is 9.69. The van der Waals surface area contributed by atoms with Crippen LogP contribution >= 0.6 is 0 Å². The van der Waals surface area contributed by atoms with E-state index in [1.807, 2.05) is 7.05 Å². The minimum Gasteiger partial charge on any atom is -0.382 e. The summed E-state index contributed by atoms with van der Waals surface area (Å²) in [6, 6.07) is 4.08. The van der Waals surface area contributed by atoms with Crippen molar-refractivity contribution in [2.75, 3.05) is 30.5 Å². The van der Waals surface area contributed by atoms with E-state index in [0.29, 0.717) is 0 Å². The smallest absolute Gasteiger partial charge is 0.208 e. The number of sulfonamides is 1. The Kier molecular flexibility index (Phi) is 6.47. The summed E-state index contributed by atoms with van der Waals surface area (Å²) in [4.78, 5) is 4.84. The molecule has 1 saturated carbocycles. The van der Waals surface area contributed by atoms with E-state index in [-0.39, 0.29) is 22.8 Å². The molecule has 2 rings (SSSR count). The average Bonchev–Trinajstić information content (AvgIpc) is 2.53. The zero-order chi connectivity index (χ0) is 20.5. The number of anilines is 2. The molecule has 0 aromatic carbocycles. The van der Waals surface area contributed by atoms with Crippen LogP contribution in [0.25, 0.3) is 0 Å². The van der Waals surface area contributed by atoms with Crippen molar-refractivity contribution in [1.82, 2.24) is 9.71 Å². The number of rotatable bonds is 6. The van der Waals surface area contributed by atoms with E-state index in [2.05, 4.69) is 62.1 Å². The van der Waals surface area contributed by atoms with E-state index >= 15 is 0 Å². The maximum atomic E-state index is 11.8. The van der Waals surface area contributed by atoms with Gasteiger partial charge in [0.25, 0.3) is 0 Å². The van der Waals surface area contributed by atoms with Crippen molar-refractivity contribution in [3.63, 3.8) is 0 Å². The first-order chi connectivity index (χ1) is 12.3. The number of hydrogen-bond donors (Lipinski definition) is 3. The van der Waals surface area contributed by atoms with Gasteiger partial charge in [-0.25, -0.2) is 18.1 Å². The molecule has 1 aromatic rings. The third-order valence-corrected chi connectivity index (χ3v) is 6.05. The Bertz CT molecular complexity index is 754. The SMILES string of the molecule is CNc1nc(C2CCC(C)(C)C(NS(C)(=O)=O)C2)ccc1NCC(C)(C)C. The van der Waals surface area contributed by atoms with Crippen LogP contribution in [-0.2, 0) is 10.0 Å². The fourth-order valence-corrected chi connectivity index (χ4v) is 4.50. The standard InChI is InChI=1S/C20H36N4O2S/c1-19(2,3)13-22-16-9-8-15(23-18(16)21-6)14-10-11-20(4,5)17(12-14)24-27(7,25)26/h8-9,14,17,22,24H,10-13H2,1-7H3,(H,21,23). The quantitative estimate of drug-likeness (QED) is 0.681. The zero-order valence-corrected chi connectivity index (χ0v) is 18.6. The van der Waals surface area contributed by atoms with E-state index in [0.717, 1.165) is 43.0 Å². The van der Waals surface area contributed by atoms with Gasteiger partial charge in [0.1, 0.15) is 5.82 Å². The summed E-state index contributed by atoms with van der Waals surface area (Å²) in [5, 5.41) is 6.66. The summed E-state index contributed by atoms with van der Waals surface area (Å²) in [5.74, 6) is 1.09. The van der Waals surface area contributed by atoms with Crippen LogP contribution in [0.2, 0.25) is 0 Å². The number of pyridine rings is 1. The Morgan fingerprint density at radius 2 is 1.93 bits per heavy atom. The van der Waals surface area contributed by atoms with Gasteiger partial charge in [-0.2, -0.15) is 0 Å². The van der Waals surface area contributed by atoms with Gasteiger partial charge in [0.05, 0.1) is 11.9 Å². The lowest BCUT2D eigenvalue weighted by molar-refractivity contribution is 0.170. The van der Waals surface area contributed by atoms with E-state index in [1.165, 1.54) is 6.26 Å². The van der Waals surface area contributed by atoms with Crippen LogP contribution in [0.15, 0.2) is 12.1 Å². The molecule has 0 bridgehead atoms. The molecule has 1 heterocycles. The molecule has 2 unspecified atom stereocenters. The molecule has 1 aromatic heterocycles. The summed E-state index contributed by atoms with van der Waals surface area (Å²) in [7, 11) is -1.35. The number of nitrogens with one attached hydrogen (secondary N) is 3. The molecule has 0 radical (unpaired) electrons. The van der Waals surface area contributed by atoms with E-state index < -0.39 is 10.0 Å². The molecule has 1 fully saturated rings. The van der Waals surface area contributed by atoms with Crippen LogP contribution in [0, 0.1) is 10.8 Å². The predicted octanol–water partition coefficient (Wildman–Crippen LogP) is 3.79. The molecule has 0 spiro atoms. The van der Waals surface area contributed by atoms with E-state index in [9.17, 15) is 8.42 Å². The van der Waals surface area contributed by atoms with Gasteiger partial charge < -0.3 is 10.6 Å². The molecule has 0 saturated heterocycles. The van der Waals surface area contributed by atoms with Crippen molar-refractivity contribution in [2.45, 2.75) is 65.8 Å². The van der Waals surface area contributed by atoms with Crippen molar-refractivity contribution in [3.8, 4) is 0 Å². The normalized spacial score (nSPS) is 23.1. The van der Waals surface area contributed by atoms with Crippen LogP contribution in [0.5, 0.6) is 0 Å². The molecule has 1 aliphatic rings. The summed E-state index contributed by atoms with van der Waals surface area (Å²) in [6.07, 6.45) is 3.98. The lowest BCUT2D eigenvalue weighted by Gasteiger charge is -2.42. The summed E-state index contributed by atoms with van der Waals surface area (Å²) < 4.78 is 26.4. The maximum Gasteiger partial charge on any atom is 0.208 e. The molecule has 7 heteroatoms. The molecule has 0 amide bonds. The summed E-state index contributed by atoms with van der Waals surface area (Å²) in [6.45, 7) is 11.7. The van der Waals surface area contributed by atoms with Crippen molar-refractivity contribution >= 4 is 21.5 Å². The Balaban J connectivity index is 2.19. The monoisotopic (exact) mass is 396 g/mol. The second kappa shape index (κ2) is 7.95. The highest BCUT2D eigenvalue weighted by atomic mass is 32.2. The average molecular weight is 397 g/mol. The zero-order valence-electron chi connectivity index (χ0n) is 17.8. The van der Waals surface area contributed by atoms with Gasteiger partial charge in [0, 0.05) is 31.2 Å². The second-order valence-electron chi connectivity index (χ2n) is 9.70. The highest BCUT2D eigenvalue weighted by Gasteiger charge is 2.38. The third kappa shape index (κ3) is 6.35. The van der Waals surface area contributed by atoms with Crippen LogP contribution in [-0.4, -0.2) is 39.3 Å². The Morgan fingerprint density at radius 3 is 2.48 bits per heavy atom. The van der Waals surface area contributed by atoms with E-state index in [1.54, 1.807) is 0 Å². The largest absolute Gasteiger partial charge is 0.382 e. The number of aromatic nitrogens is 1. The summed E-state index contributed by atoms with van der Waals surface area (Å²) in [5.41, 5.74) is 2.15. The van der Waals surface area contributed by atoms with Gasteiger partial charge in [0.15, 0.2) is 0 Å². The minimum absolute atomic E-state index is 0.0559. The van der Waals surface area contributed by atoms with Crippen LogP contribution in [0.3, 0.4) is 0 Å². The minimum atomic E-state index is -3.23. The molecular formula is C20H36N4O2S. The van der Waals surface area contributed by atoms with Crippen molar-refractivity contribution in [2.24, 2.45) is 10.8 Å². The highest BCUT2D eigenvalue weighted by molar-refractivity contribution is 7.88. The highest BCUT2D eigenvalue weighted by Crippen LogP contribution is 2.43. The third-order valence-electron chi connectivity index (χ3n) is 5.34. The van der Waals surface area contributed by atoms with Gasteiger partial charge in [0.2, 0.25) is 10.0 Å². The maximum absolute atomic E-state index is 11.8. The van der Waals surface area contributed by atoms with Gasteiger partial charge in [-0.3, -0.25) is 0 Å². The fourth-order valence-electron chi connectivity index (χ4n) is 3.57. The Morgan fingerprint density at radius 1 is 1.26 bits per heavy atom. The molecular weight excluding hydrogens is 360 g/mol. The first kappa shape index (κ1) is 22.0. The lowest BCUT2D eigenvalue weighted by Crippen LogP contribution is -2.48. The molecule has 2 atom stereocenters. The van der Waals surface area contributed by atoms with Crippen LogP contribution < -0.4 is 15.4 Å². The van der Waals surface area contributed by atoms with Gasteiger partial charge in [-0.1, -0.05) is 34.6 Å². The molecule has 27 heavy (non-hydrogen) atoms. The Hall–Kier alpha value is -1.34. The molecule has 6 nitrogen and oxygen atoms in total. The molecule has 0 aliphatic heterocycles. The summed E-state index contributed by atoms with van der Waals surface area (Å²) >= 11 is 0. The number of hydrogen-bond acceptors (Lipinski definition) is 5. The van der Waals surface area contributed by atoms with Gasteiger partial charge in [-0.05, 0) is 42.2 Å². The first-order valence-corrected chi connectivity index (χ1v) is 11.6. The van der Waals surface area contributed by atoms with Crippen molar-refractivity contribution in [3.05, 3.63) is 17.8 Å². The Labute approximate surface area is 165 Å². The second-order valence-corrected chi connectivity index (χ2v) is 11.5. The first-order valence-electron chi connectivity index (χ1n) is 9.71. The molecule has 3 N–H and O–H groups in total. The van der Waals surface area contributed by atoms with E-state index in [4.69, 9.17) is 4.98 Å². The van der Waals surface area contributed by atoms with Crippen molar-refractivity contribution < 1.29 is 8.42 Å². The van der Waals surface area contributed by atoms with Crippen molar-refractivity contribution in [1.29, 1.82) is 0 Å².